The molecule has 0 radical (unpaired) electrons. The van der Waals surface area contributed by atoms with Gasteiger partial charge in [0.2, 0.25) is 0 Å². The molecule has 0 bridgehead atoms. The molecule has 2 aromatic heterocycles. The number of urea groups is 1. The minimum Gasteiger partial charge on any atom is -0.349 e. The molecule has 2 aromatic carbocycles. The fraction of sp³-hybridized carbons (Fsp3) is 0.238. The molecule has 0 aliphatic carbocycles. The number of fused-ring (bicyclic) bond motifs is 2. The van der Waals surface area contributed by atoms with Crippen molar-refractivity contribution in [2.45, 2.75) is 24.9 Å². The molecule has 190 valence electrons. The average molecular weight is 546 g/mol. The van der Waals surface area contributed by atoms with Gasteiger partial charge >= 0.3 is 22.5 Å². The maximum Gasteiger partial charge on any atom is 0.695 e. The minimum atomic E-state index is -2.95. The summed E-state index contributed by atoms with van der Waals surface area (Å²) in [6.45, 7) is -0.335. The summed E-state index contributed by atoms with van der Waals surface area (Å²) in [6.07, 6.45) is 0.240. The van der Waals surface area contributed by atoms with Crippen molar-refractivity contribution in [2.75, 3.05) is 17.2 Å². The van der Waals surface area contributed by atoms with Gasteiger partial charge in [-0.3, -0.25) is 9.88 Å². The Hall–Kier alpha value is -3.48. The fourth-order valence-electron chi connectivity index (χ4n) is 4.13. The first-order valence-corrected chi connectivity index (χ1v) is 13.2. The van der Waals surface area contributed by atoms with Crippen molar-refractivity contribution in [1.29, 1.82) is 0 Å². The quantitative estimate of drug-likeness (QED) is 0.236. The molecule has 2 unspecified atom stereocenters. The van der Waals surface area contributed by atoms with E-state index in [-0.39, 0.29) is 24.4 Å². The highest BCUT2D eigenvalue weighted by molar-refractivity contribution is 7.32. The number of amides is 2. The average Bonchev–Trinajstić information content (AvgIpc) is 3.47. The van der Waals surface area contributed by atoms with Gasteiger partial charge < -0.3 is 10.1 Å². The number of benzene rings is 2. The van der Waals surface area contributed by atoms with E-state index in [1.165, 1.54) is 12.7 Å². The first-order valence-electron chi connectivity index (χ1n) is 10.9. The number of aromatic nitrogens is 4. The molecule has 1 saturated heterocycles. The lowest BCUT2D eigenvalue weighted by molar-refractivity contribution is -0.0347. The monoisotopic (exact) mass is 546 g/mol. The summed E-state index contributed by atoms with van der Waals surface area (Å²) < 4.78 is 39.3. The summed E-state index contributed by atoms with van der Waals surface area (Å²) in [4.78, 5) is 43.6. The highest BCUT2D eigenvalue weighted by atomic mass is 31.1. The molecule has 4 aromatic rings. The summed E-state index contributed by atoms with van der Waals surface area (Å²) >= 11 is 0. The van der Waals surface area contributed by atoms with Crippen LogP contribution in [0.15, 0.2) is 55.1 Å². The molecule has 4 N–H and O–H groups in total. The third-order valence-corrected chi connectivity index (χ3v) is 6.52. The first kappa shape index (κ1) is 25.2. The van der Waals surface area contributed by atoms with E-state index >= 15 is 0 Å². The fourth-order valence-corrected chi connectivity index (χ4v) is 4.86. The van der Waals surface area contributed by atoms with Crippen molar-refractivity contribution in [3.63, 3.8) is 0 Å². The summed E-state index contributed by atoms with van der Waals surface area (Å²) in [6, 6.07) is 12.7. The molecule has 2 amide bonds. The lowest BCUT2D eigenvalue weighted by Crippen LogP contribution is -2.26. The van der Waals surface area contributed by atoms with Gasteiger partial charge in [0, 0.05) is 20.9 Å². The van der Waals surface area contributed by atoms with Crippen LogP contribution in [0.1, 0.15) is 12.6 Å². The number of nitrogens with one attached hydrogen (secondary N) is 2. The number of carbonyl (C=O) groups is 1. The second kappa shape index (κ2) is 10.9. The van der Waals surface area contributed by atoms with E-state index in [1.54, 1.807) is 10.6 Å². The molecule has 5 rings (SSSR count). The van der Waals surface area contributed by atoms with E-state index in [1.807, 2.05) is 36.4 Å². The Morgan fingerprint density at radius 3 is 2.70 bits per heavy atom. The Morgan fingerprint density at radius 2 is 1.89 bits per heavy atom. The second-order valence-electron chi connectivity index (χ2n) is 7.93. The molecule has 1 fully saturated rings. The molecular formula is C21H20N6O8P2+2. The van der Waals surface area contributed by atoms with Crippen LogP contribution < -0.4 is 10.6 Å². The molecule has 3 heterocycles. The van der Waals surface area contributed by atoms with Crippen LogP contribution in [0.4, 0.5) is 16.3 Å². The number of carbonyl (C=O) groups excluding carboxylic acids is 1. The topological polar surface area (TPSA) is 187 Å². The van der Waals surface area contributed by atoms with Crippen LogP contribution in [0.3, 0.4) is 0 Å². The minimum absolute atomic E-state index is 0.109. The number of nitrogens with zero attached hydrogens (tertiary/aromatic N) is 4. The third-order valence-electron chi connectivity index (χ3n) is 5.69. The number of hydrogen-bond acceptors (Lipinski definition) is 9. The van der Waals surface area contributed by atoms with Crippen LogP contribution in [-0.4, -0.2) is 54.2 Å². The van der Waals surface area contributed by atoms with Crippen LogP contribution in [-0.2, 0) is 22.9 Å². The Balaban J connectivity index is 1.35. The zero-order chi connectivity index (χ0) is 25.9. The van der Waals surface area contributed by atoms with E-state index in [0.29, 0.717) is 11.3 Å². The summed E-state index contributed by atoms with van der Waals surface area (Å²) in [5.74, 6) is 0.155. The van der Waals surface area contributed by atoms with E-state index in [2.05, 4.69) is 25.6 Å². The van der Waals surface area contributed by atoms with Gasteiger partial charge in [-0.25, -0.2) is 19.7 Å². The van der Waals surface area contributed by atoms with Crippen LogP contribution in [0, 0.1) is 0 Å². The lowest BCUT2D eigenvalue weighted by atomic mass is 10.1. The van der Waals surface area contributed by atoms with E-state index in [0.717, 1.165) is 10.8 Å². The highest BCUT2D eigenvalue weighted by Gasteiger charge is 2.44. The number of rotatable bonds is 8. The third kappa shape index (κ3) is 5.60. The van der Waals surface area contributed by atoms with Crippen LogP contribution in [0.5, 0.6) is 0 Å². The molecule has 14 nitrogen and oxygen atoms in total. The zero-order valence-electron chi connectivity index (χ0n) is 18.9. The number of imidazole rings is 1. The highest BCUT2D eigenvalue weighted by Crippen LogP contribution is 2.38. The molecule has 0 saturated carbocycles. The predicted molar refractivity (Wildman–Crippen MR) is 131 cm³/mol. The lowest BCUT2D eigenvalue weighted by Gasteiger charge is -2.13. The Kier molecular flexibility index (Phi) is 7.40. The number of ether oxygens (including phenoxy) is 1. The van der Waals surface area contributed by atoms with E-state index in [4.69, 9.17) is 18.7 Å². The van der Waals surface area contributed by atoms with Gasteiger partial charge in [-0.15, -0.1) is 18.8 Å². The Bertz CT molecular complexity index is 1500. The van der Waals surface area contributed by atoms with E-state index < -0.39 is 41.0 Å². The van der Waals surface area contributed by atoms with Crippen molar-refractivity contribution in [1.82, 2.24) is 19.5 Å². The SMILES string of the molecule is O=C(Nc1cccc2ccccc12)Nc1ncnc2c1ncn2[C@H]1C[C@H](O[P+](=O)O)[C@@H](CO[P+](=O)O)O1. The molecule has 5 atom stereocenters. The van der Waals surface area contributed by atoms with Crippen molar-refractivity contribution in [2.24, 2.45) is 0 Å². The van der Waals surface area contributed by atoms with Gasteiger partial charge in [-0.05, 0) is 11.5 Å². The largest absolute Gasteiger partial charge is 0.695 e. The summed E-state index contributed by atoms with van der Waals surface area (Å²) in [5, 5.41) is 7.35. The smallest absolute Gasteiger partial charge is 0.349 e. The summed E-state index contributed by atoms with van der Waals surface area (Å²) in [5.41, 5.74) is 1.22. The van der Waals surface area contributed by atoms with Gasteiger partial charge in [0.25, 0.3) is 0 Å². The van der Waals surface area contributed by atoms with Gasteiger partial charge in [0.05, 0.1) is 12.0 Å². The van der Waals surface area contributed by atoms with Gasteiger partial charge in [-0.1, -0.05) is 36.4 Å². The number of anilines is 2. The summed E-state index contributed by atoms with van der Waals surface area (Å²) in [7, 11) is -5.84. The van der Waals surface area contributed by atoms with Gasteiger partial charge in [0.15, 0.2) is 17.0 Å². The normalized spacial score (nSPS) is 20.2. The Labute approximate surface area is 210 Å². The zero-order valence-corrected chi connectivity index (χ0v) is 20.7. The van der Waals surface area contributed by atoms with E-state index in [9.17, 15) is 18.8 Å². The van der Waals surface area contributed by atoms with Crippen LogP contribution in [0.25, 0.3) is 21.9 Å². The molecule has 37 heavy (non-hydrogen) atoms. The van der Waals surface area contributed by atoms with Crippen LogP contribution in [0.2, 0.25) is 0 Å². The molecular weight excluding hydrogens is 526 g/mol. The van der Waals surface area contributed by atoms with Crippen molar-refractivity contribution in [3.8, 4) is 0 Å². The molecule has 1 aliphatic rings. The Morgan fingerprint density at radius 1 is 1.08 bits per heavy atom. The second-order valence-corrected chi connectivity index (χ2v) is 9.35. The van der Waals surface area contributed by atoms with Crippen molar-refractivity contribution >= 4 is 56.0 Å². The predicted octanol–water partition coefficient (Wildman–Crippen LogP) is 3.61. The number of hydrogen-bond donors (Lipinski definition) is 4. The first-order chi connectivity index (χ1) is 17.9. The van der Waals surface area contributed by atoms with Crippen molar-refractivity contribution < 1.29 is 37.5 Å². The van der Waals surface area contributed by atoms with Gasteiger partial charge in [-0.2, -0.15) is 0 Å². The standard InChI is InChI=1S/C21H18N6O8P2/c28-21(25-14-7-3-5-12-4-1-2-6-13(12)14)26-19-18-20(23-10-22-19)27(11-24-18)17-8-15(35-37(31)32)16(34-17)9-33-36(29)30/h1-7,10-11,15-17H,8-9H2,(H2-2,22,23,25,26,28,29,30,31,32)/p+2/t15-,16+,17+/m0/s1. The van der Waals surface area contributed by atoms with Gasteiger partial charge in [0.1, 0.15) is 31.4 Å². The molecule has 16 heteroatoms. The maximum absolute atomic E-state index is 12.8. The molecule has 0 spiro atoms. The van der Waals surface area contributed by atoms with Crippen molar-refractivity contribution in [3.05, 3.63) is 55.1 Å². The molecule has 1 aliphatic heterocycles. The maximum atomic E-state index is 12.8. The van der Waals surface area contributed by atoms with Crippen LogP contribution >= 0.6 is 16.5 Å².